The lowest BCUT2D eigenvalue weighted by Gasteiger charge is -2.11. The summed E-state index contributed by atoms with van der Waals surface area (Å²) in [6.07, 6.45) is -4.08. The molecule has 0 aromatic rings. The van der Waals surface area contributed by atoms with Crippen LogP contribution in [0.5, 0.6) is 0 Å². The van der Waals surface area contributed by atoms with Gasteiger partial charge in [-0.2, -0.15) is 13.2 Å². The predicted octanol–water partition coefficient (Wildman–Crippen LogP) is 1.34. The molecule has 72 valence electrons. The van der Waals surface area contributed by atoms with Crippen LogP contribution in [0.4, 0.5) is 13.2 Å². The summed E-state index contributed by atoms with van der Waals surface area (Å²) < 4.78 is 35.9. The van der Waals surface area contributed by atoms with Crippen LogP contribution in [0.25, 0.3) is 0 Å². The summed E-state index contributed by atoms with van der Waals surface area (Å²) in [4.78, 5) is 21.8. The number of rotatable bonds is 1. The van der Waals surface area contributed by atoms with Crippen LogP contribution in [0.3, 0.4) is 0 Å². The van der Waals surface area contributed by atoms with E-state index in [4.69, 9.17) is 0 Å². The van der Waals surface area contributed by atoms with Crippen molar-refractivity contribution in [3.8, 4) is 0 Å². The Morgan fingerprint density at radius 1 is 1.38 bits per heavy atom. The molecule has 3 atom stereocenters. The molecule has 0 aliphatic heterocycles. The van der Waals surface area contributed by atoms with Gasteiger partial charge in [0.1, 0.15) is 5.78 Å². The Kier molecular flexibility index (Phi) is 1.56. The van der Waals surface area contributed by atoms with E-state index in [2.05, 4.69) is 0 Å². The second-order valence-corrected chi connectivity index (χ2v) is 3.67. The van der Waals surface area contributed by atoms with E-state index < -0.39 is 23.7 Å². The Balaban J connectivity index is 2.17. The first-order valence-electron chi connectivity index (χ1n) is 4.05. The lowest BCUT2D eigenvalue weighted by Crippen LogP contribution is -2.34. The van der Waals surface area contributed by atoms with Crippen molar-refractivity contribution in [2.45, 2.75) is 19.0 Å². The van der Waals surface area contributed by atoms with Gasteiger partial charge in [0.2, 0.25) is 5.78 Å². The van der Waals surface area contributed by atoms with Crippen LogP contribution in [0.2, 0.25) is 0 Å². The van der Waals surface area contributed by atoms with Gasteiger partial charge in [-0.05, 0) is 18.3 Å². The molecule has 2 aliphatic carbocycles. The average molecular weight is 192 g/mol. The second kappa shape index (κ2) is 2.33. The van der Waals surface area contributed by atoms with Crippen molar-refractivity contribution in [3.63, 3.8) is 0 Å². The molecule has 0 spiro atoms. The maximum absolute atomic E-state index is 12.0. The fourth-order valence-electron chi connectivity index (χ4n) is 2.06. The molecule has 2 rings (SSSR count). The standard InChI is InChI=1S/C8H7F3O2/c9-8(10,11)7(13)6-4-1-3(4)2-5(6)12/h3-4,6H,1-2H2. The molecule has 0 N–H and O–H groups in total. The normalized spacial score (nSPS) is 37.5. The number of hydrogen-bond acceptors (Lipinski definition) is 2. The Morgan fingerprint density at radius 3 is 2.38 bits per heavy atom. The topological polar surface area (TPSA) is 34.1 Å². The molecule has 0 bridgehead atoms. The molecular formula is C8H7F3O2. The van der Waals surface area contributed by atoms with E-state index in [1.807, 2.05) is 0 Å². The maximum Gasteiger partial charge on any atom is 0.450 e. The smallest absolute Gasteiger partial charge is 0.299 e. The highest BCUT2D eigenvalue weighted by atomic mass is 19.4. The lowest BCUT2D eigenvalue weighted by molar-refractivity contribution is -0.176. The number of alkyl halides is 3. The van der Waals surface area contributed by atoms with E-state index in [9.17, 15) is 22.8 Å². The minimum atomic E-state index is -4.85. The second-order valence-electron chi connectivity index (χ2n) is 3.67. The highest BCUT2D eigenvalue weighted by molar-refractivity contribution is 6.07. The van der Waals surface area contributed by atoms with Crippen molar-refractivity contribution < 1.29 is 22.8 Å². The molecule has 0 aromatic carbocycles. The summed E-state index contributed by atoms with van der Waals surface area (Å²) in [5.41, 5.74) is 0. The Morgan fingerprint density at radius 2 is 2.00 bits per heavy atom. The van der Waals surface area contributed by atoms with Gasteiger partial charge >= 0.3 is 6.18 Å². The first-order chi connectivity index (χ1) is 5.91. The van der Waals surface area contributed by atoms with Crippen LogP contribution in [0.1, 0.15) is 12.8 Å². The number of hydrogen-bond donors (Lipinski definition) is 0. The van der Waals surface area contributed by atoms with Crippen molar-refractivity contribution in [1.29, 1.82) is 0 Å². The number of ketones is 2. The molecule has 2 aliphatic rings. The molecule has 3 unspecified atom stereocenters. The van der Waals surface area contributed by atoms with Crippen molar-refractivity contribution in [1.82, 2.24) is 0 Å². The highest BCUT2D eigenvalue weighted by Crippen LogP contribution is 2.54. The SMILES string of the molecule is O=C1CC2CC2C1C(=O)C(F)(F)F. The van der Waals surface area contributed by atoms with Crippen LogP contribution in [0, 0.1) is 17.8 Å². The number of carbonyl (C=O) groups is 2. The quantitative estimate of drug-likeness (QED) is 0.587. The zero-order chi connectivity index (χ0) is 9.80. The molecule has 0 radical (unpaired) electrons. The van der Waals surface area contributed by atoms with Crippen LogP contribution >= 0.6 is 0 Å². The molecule has 2 saturated carbocycles. The monoisotopic (exact) mass is 192 g/mol. The van der Waals surface area contributed by atoms with Crippen molar-refractivity contribution in [2.24, 2.45) is 17.8 Å². The lowest BCUT2D eigenvalue weighted by atomic mass is 9.97. The molecule has 0 amide bonds. The van der Waals surface area contributed by atoms with E-state index in [0.717, 1.165) is 0 Å². The van der Waals surface area contributed by atoms with E-state index in [0.29, 0.717) is 6.42 Å². The molecule has 13 heavy (non-hydrogen) atoms. The molecular weight excluding hydrogens is 185 g/mol. The van der Waals surface area contributed by atoms with Gasteiger partial charge in [-0.25, -0.2) is 0 Å². The number of halogens is 3. The first kappa shape index (κ1) is 8.72. The van der Waals surface area contributed by atoms with Gasteiger partial charge in [0.05, 0.1) is 5.92 Å². The zero-order valence-corrected chi connectivity index (χ0v) is 6.60. The van der Waals surface area contributed by atoms with Crippen molar-refractivity contribution >= 4 is 11.6 Å². The average Bonchev–Trinajstić information content (AvgIpc) is 2.61. The van der Waals surface area contributed by atoms with Crippen molar-refractivity contribution in [3.05, 3.63) is 0 Å². The molecule has 2 nitrogen and oxygen atoms in total. The van der Waals surface area contributed by atoms with E-state index in [-0.39, 0.29) is 18.3 Å². The van der Waals surface area contributed by atoms with Gasteiger partial charge in [-0.1, -0.05) is 0 Å². The number of carbonyl (C=O) groups excluding carboxylic acids is 2. The van der Waals surface area contributed by atoms with Gasteiger partial charge in [0, 0.05) is 6.42 Å². The zero-order valence-electron chi connectivity index (χ0n) is 6.60. The third-order valence-electron chi connectivity index (χ3n) is 2.78. The Bertz CT molecular complexity index is 282. The van der Waals surface area contributed by atoms with Gasteiger partial charge in [0.15, 0.2) is 0 Å². The summed E-state index contributed by atoms with van der Waals surface area (Å²) in [6, 6.07) is 0. The molecule has 0 aromatic heterocycles. The maximum atomic E-state index is 12.0. The van der Waals surface area contributed by atoms with Crippen LogP contribution in [-0.4, -0.2) is 17.7 Å². The molecule has 0 heterocycles. The fourth-order valence-corrected chi connectivity index (χ4v) is 2.06. The first-order valence-corrected chi connectivity index (χ1v) is 4.05. The summed E-state index contributed by atoms with van der Waals surface area (Å²) in [6.45, 7) is 0. The highest BCUT2D eigenvalue weighted by Gasteiger charge is 2.60. The van der Waals surface area contributed by atoms with Gasteiger partial charge < -0.3 is 0 Å². The summed E-state index contributed by atoms with van der Waals surface area (Å²) >= 11 is 0. The number of Topliss-reactive ketones (excluding diaryl/α,β-unsaturated/α-hetero) is 2. The van der Waals surface area contributed by atoms with Gasteiger partial charge in [-0.3, -0.25) is 9.59 Å². The molecule has 0 saturated heterocycles. The predicted molar refractivity (Wildman–Crippen MR) is 35.8 cm³/mol. The largest absolute Gasteiger partial charge is 0.450 e. The van der Waals surface area contributed by atoms with E-state index in [1.54, 1.807) is 0 Å². The number of fused-ring (bicyclic) bond motifs is 1. The third-order valence-corrected chi connectivity index (χ3v) is 2.78. The van der Waals surface area contributed by atoms with Crippen LogP contribution in [0.15, 0.2) is 0 Å². The van der Waals surface area contributed by atoms with Gasteiger partial charge in [0.25, 0.3) is 0 Å². The van der Waals surface area contributed by atoms with E-state index in [1.165, 1.54) is 0 Å². The van der Waals surface area contributed by atoms with Crippen LogP contribution in [-0.2, 0) is 9.59 Å². The summed E-state index contributed by atoms with van der Waals surface area (Å²) in [7, 11) is 0. The Hall–Kier alpha value is -0.870. The summed E-state index contributed by atoms with van der Waals surface area (Å²) in [5, 5.41) is 0. The third kappa shape index (κ3) is 1.26. The van der Waals surface area contributed by atoms with Crippen LogP contribution < -0.4 is 0 Å². The fraction of sp³-hybridized carbons (Fsp3) is 0.750. The molecule has 5 heteroatoms. The van der Waals surface area contributed by atoms with Crippen molar-refractivity contribution in [2.75, 3.05) is 0 Å². The minimum absolute atomic E-state index is 0.0591. The Labute approximate surface area is 72.1 Å². The van der Waals surface area contributed by atoms with E-state index >= 15 is 0 Å². The van der Waals surface area contributed by atoms with Gasteiger partial charge in [-0.15, -0.1) is 0 Å². The minimum Gasteiger partial charge on any atom is -0.299 e. The molecule has 2 fully saturated rings. The summed E-state index contributed by atoms with van der Waals surface area (Å²) in [5.74, 6) is -3.98.